The summed E-state index contributed by atoms with van der Waals surface area (Å²) in [4.78, 5) is 4.50. The Morgan fingerprint density at radius 1 is 1.36 bits per heavy atom. The molecule has 0 saturated heterocycles. The molecule has 0 bridgehead atoms. The third-order valence-electron chi connectivity index (χ3n) is 3.96. The monoisotopic (exact) mass is 387 g/mol. The van der Waals surface area contributed by atoms with Gasteiger partial charge in [0.15, 0.2) is 5.96 Å². The van der Waals surface area contributed by atoms with Gasteiger partial charge in [0.25, 0.3) is 0 Å². The van der Waals surface area contributed by atoms with E-state index in [9.17, 15) is 9.65 Å². The lowest BCUT2D eigenvalue weighted by molar-refractivity contribution is 0.203. The summed E-state index contributed by atoms with van der Waals surface area (Å²) in [5.74, 6) is 0.627. The average Bonchev–Trinajstić information content (AvgIpc) is 3.01. The number of hydrogen-bond acceptors (Lipinski definition) is 5. The number of rotatable bonds is 9. The van der Waals surface area contributed by atoms with Crippen molar-refractivity contribution in [3.8, 4) is 11.8 Å². The Labute approximate surface area is 164 Å². The van der Waals surface area contributed by atoms with Gasteiger partial charge in [-0.05, 0) is 44.0 Å². The number of methoxy groups -OCH3 is 1. The summed E-state index contributed by atoms with van der Waals surface area (Å²) in [5, 5.41) is 20.2. The van der Waals surface area contributed by atoms with Gasteiger partial charge < -0.3 is 21.1 Å². The minimum atomic E-state index is -0.344. The smallest absolute Gasteiger partial charge is 0.191 e. The first-order valence-corrected chi connectivity index (χ1v) is 9.15. The van der Waals surface area contributed by atoms with Crippen molar-refractivity contribution in [3.63, 3.8) is 0 Å². The number of halogens is 1. The van der Waals surface area contributed by atoms with Crippen LogP contribution in [-0.2, 0) is 11.2 Å². The van der Waals surface area contributed by atoms with Crippen molar-refractivity contribution in [1.82, 2.24) is 20.4 Å². The summed E-state index contributed by atoms with van der Waals surface area (Å²) >= 11 is 0. The van der Waals surface area contributed by atoms with E-state index in [1.165, 1.54) is 16.8 Å². The normalized spacial score (nSPS) is 11.3. The van der Waals surface area contributed by atoms with Crippen LogP contribution in [0.1, 0.15) is 24.6 Å². The molecule has 0 amide bonds. The average molecular weight is 387 g/mol. The molecule has 4 N–H and O–H groups in total. The molecule has 0 radical (unpaired) electrons. The Morgan fingerprint density at radius 3 is 2.75 bits per heavy atom. The van der Waals surface area contributed by atoms with Gasteiger partial charge in [-0.2, -0.15) is 10.4 Å². The molecule has 8 nitrogen and oxygen atoms in total. The van der Waals surface area contributed by atoms with Crippen molar-refractivity contribution in [2.75, 3.05) is 39.1 Å². The van der Waals surface area contributed by atoms with Crippen molar-refractivity contribution >= 4 is 11.8 Å². The molecule has 0 unspecified atom stereocenters. The summed E-state index contributed by atoms with van der Waals surface area (Å²) in [6, 6.07) is 7.91. The summed E-state index contributed by atoms with van der Waals surface area (Å²) in [5.41, 5.74) is 7.63. The summed E-state index contributed by atoms with van der Waals surface area (Å²) < 4.78 is 19.6. The van der Waals surface area contributed by atoms with Gasteiger partial charge in [-0.1, -0.05) is 0 Å². The van der Waals surface area contributed by atoms with Gasteiger partial charge in [0.2, 0.25) is 0 Å². The van der Waals surface area contributed by atoms with Crippen LogP contribution in [0.5, 0.6) is 0 Å². The highest BCUT2D eigenvalue weighted by molar-refractivity contribution is 5.79. The number of benzene rings is 1. The van der Waals surface area contributed by atoms with Gasteiger partial charge >= 0.3 is 0 Å². The largest absolute Gasteiger partial charge is 0.383 e. The molecule has 0 aliphatic carbocycles. The number of nitrogen functional groups attached to an aromatic ring is 1. The molecule has 0 spiro atoms. The zero-order valence-corrected chi connectivity index (χ0v) is 16.2. The van der Waals surface area contributed by atoms with Crippen LogP contribution in [0.3, 0.4) is 0 Å². The highest BCUT2D eigenvalue weighted by Gasteiger charge is 2.16. The third kappa shape index (κ3) is 5.69. The number of nitrogens with one attached hydrogen (secondary N) is 2. The standard InChI is InChI=1S/C19H26FN7O/c1-3-23-19(25-11-12-28-2)24-10-4-5-17-16(13-21)18(22)27(26-17)15-8-6-14(20)7-9-15/h6-9H,3-5,10-12,22H2,1-2H3,(H2,23,24,25). The Kier molecular flexibility index (Phi) is 8.24. The van der Waals surface area contributed by atoms with Crippen LogP contribution in [0.2, 0.25) is 0 Å². The van der Waals surface area contributed by atoms with E-state index in [4.69, 9.17) is 10.5 Å². The van der Waals surface area contributed by atoms with E-state index in [0.29, 0.717) is 49.5 Å². The molecule has 2 rings (SSSR count). The minimum absolute atomic E-state index is 0.252. The fourth-order valence-corrected chi connectivity index (χ4v) is 2.60. The molecule has 9 heteroatoms. The molecule has 1 aromatic carbocycles. The lowest BCUT2D eigenvalue weighted by atomic mass is 10.1. The third-order valence-corrected chi connectivity index (χ3v) is 3.96. The molecule has 0 fully saturated rings. The number of hydrogen-bond donors (Lipinski definition) is 3. The first kappa shape index (κ1) is 21.2. The van der Waals surface area contributed by atoms with E-state index < -0.39 is 0 Å². The van der Waals surface area contributed by atoms with E-state index in [1.807, 2.05) is 6.92 Å². The van der Waals surface area contributed by atoms with Gasteiger partial charge in [0, 0.05) is 26.7 Å². The number of ether oxygens (including phenoxy) is 1. The predicted octanol–water partition coefficient (Wildman–Crippen LogP) is 1.60. The van der Waals surface area contributed by atoms with Crippen molar-refractivity contribution in [2.24, 2.45) is 4.99 Å². The number of anilines is 1. The van der Waals surface area contributed by atoms with Crippen LogP contribution in [0.15, 0.2) is 29.3 Å². The van der Waals surface area contributed by atoms with E-state index in [0.717, 1.165) is 12.5 Å². The molecule has 0 aliphatic heterocycles. The minimum Gasteiger partial charge on any atom is -0.383 e. The first-order valence-electron chi connectivity index (χ1n) is 9.15. The Hall–Kier alpha value is -3.12. The lowest BCUT2D eigenvalue weighted by Gasteiger charge is -2.10. The van der Waals surface area contributed by atoms with E-state index in [1.54, 1.807) is 19.2 Å². The molecule has 0 aliphatic rings. The summed E-state index contributed by atoms with van der Waals surface area (Å²) in [6.45, 7) is 4.58. The maximum atomic E-state index is 13.1. The topological polar surface area (TPSA) is 113 Å². The number of aromatic nitrogens is 2. The second-order valence-electron chi connectivity index (χ2n) is 5.99. The Morgan fingerprint density at radius 2 is 2.11 bits per heavy atom. The lowest BCUT2D eigenvalue weighted by Crippen LogP contribution is -2.39. The maximum Gasteiger partial charge on any atom is 0.191 e. The second-order valence-corrected chi connectivity index (χ2v) is 5.99. The van der Waals surface area contributed by atoms with Crippen LogP contribution in [0.25, 0.3) is 5.69 Å². The van der Waals surface area contributed by atoms with Crippen LogP contribution in [0, 0.1) is 17.1 Å². The zero-order valence-electron chi connectivity index (χ0n) is 16.2. The molecule has 0 atom stereocenters. The van der Waals surface area contributed by atoms with Crippen molar-refractivity contribution in [2.45, 2.75) is 19.8 Å². The zero-order chi connectivity index (χ0) is 20.4. The van der Waals surface area contributed by atoms with Crippen molar-refractivity contribution < 1.29 is 9.13 Å². The number of guanidine groups is 1. The number of nitriles is 1. The van der Waals surface area contributed by atoms with Gasteiger partial charge in [-0.25, -0.2) is 9.07 Å². The Balaban J connectivity index is 2.03. The fraction of sp³-hybridized carbons (Fsp3) is 0.421. The van der Waals surface area contributed by atoms with Crippen LogP contribution >= 0.6 is 0 Å². The number of nitrogens with zero attached hydrogens (tertiary/aromatic N) is 4. The van der Waals surface area contributed by atoms with Gasteiger partial charge in [0.1, 0.15) is 23.3 Å². The van der Waals surface area contributed by atoms with Crippen molar-refractivity contribution in [3.05, 3.63) is 41.3 Å². The number of aryl methyl sites for hydroxylation is 1. The Bertz CT molecular complexity index is 824. The molecular formula is C19H26FN7O. The summed E-state index contributed by atoms with van der Waals surface area (Å²) in [6.07, 6.45) is 1.26. The SMILES string of the molecule is CCNC(=NCCCc1nn(-c2ccc(F)cc2)c(N)c1C#N)NCCOC. The first-order chi connectivity index (χ1) is 13.6. The molecule has 2 aromatic rings. The maximum absolute atomic E-state index is 13.1. The van der Waals surface area contributed by atoms with E-state index in [2.05, 4.69) is 26.8 Å². The van der Waals surface area contributed by atoms with Crippen LogP contribution in [0.4, 0.5) is 10.2 Å². The molecule has 1 aromatic heterocycles. The number of nitrogens with two attached hydrogens (primary N) is 1. The quantitative estimate of drug-likeness (QED) is 0.342. The van der Waals surface area contributed by atoms with Crippen molar-refractivity contribution in [1.29, 1.82) is 5.26 Å². The van der Waals surface area contributed by atoms with E-state index >= 15 is 0 Å². The molecule has 1 heterocycles. The number of aliphatic imine (C=N–C) groups is 1. The molecule has 28 heavy (non-hydrogen) atoms. The van der Waals surface area contributed by atoms with Gasteiger partial charge in [0.05, 0.1) is 18.0 Å². The highest BCUT2D eigenvalue weighted by Crippen LogP contribution is 2.21. The highest BCUT2D eigenvalue weighted by atomic mass is 19.1. The summed E-state index contributed by atoms with van der Waals surface area (Å²) in [7, 11) is 1.65. The fourth-order valence-electron chi connectivity index (χ4n) is 2.60. The predicted molar refractivity (Wildman–Crippen MR) is 107 cm³/mol. The second kappa shape index (κ2) is 10.9. The molecule has 0 saturated carbocycles. The molecule has 150 valence electrons. The van der Waals surface area contributed by atoms with Gasteiger partial charge in [-0.3, -0.25) is 4.99 Å². The van der Waals surface area contributed by atoms with E-state index in [-0.39, 0.29) is 11.6 Å². The molecular weight excluding hydrogens is 361 g/mol. The van der Waals surface area contributed by atoms with Crippen LogP contribution < -0.4 is 16.4 Å². The van der Waals surface area contributed by atoms with Gasteiger partial charge in [-0.15, -0.1) is 0 Å². The van der Waals surface area contributed by atoms with Crippen LogP contribution in [-0.4, -0.2) is 49.1 Å².